The van der Waals surface area contributed by atoms with Crippen LogP contribution in [0.3, 0.4) is 0 Å². The second-order valence-electron chi connectivity index (χ2n) is 22.3. The topological polar surface area (TPSA) is 9.72 Å². The Bertz CT molecular complexity index is 618. The number of unbranched alkanes of at least 4 members (excludes halogenated alkanes) is 1. The van der Waals surface area contributed by atoms with Gasteiger partial charge in [0.2, 0.25) is 0 Å². The fourth-order valence-corrected chi connectivity index (χ4v) is 3.89. The van der Waals surface area contributed by atoms with E-state index in [1.165, 1.54) is 70.9 Å². The van der Waals surface area contributed by atoms with Gasteiger partial charge in [0.1, 0.15) is 0 Å². The average molecular weight is 688 g/mol. The van der Waals surface area contributed by atoms with Crippen LogP contribution in [0.15, 0.2) is 0 Å². The Morgan fingerprint density at radius 2 is 0.625 bits per heavy atom. The molecular weight excluding hydrogens is 583 g/mol. The van der Waals surface area contributed by atoms with Crippen LogP contribution in [0.2, 0.25) is 0 Å². The second-order valence-corrected chi connectivity index (χ2v) is 22.3. The van der Waals surface area contributed by atoms with Crippen LogP contribution in [0.5, 0.6) is 0 Å². The Balaban J connectivity index is -0.000000111. The van der Waals surface area contributed by atoms with Gasteiger partial charge < -0.3 is 14.7 Å². The highest BCUT2D eigenvalue weighted by Crippen LogP contribution is 2.22. The third-order valence-electron chi connectivity index (χ3n) is 6.97. The van der Waals surface area contributed by atoms with Crippen molar-refractivity contribution in [3.63, 3.8) is 0 Å². The van der Waals surface area contributed by atoms with Crippen LogP contribution in [0.25, 0.3) is 0 Å². The van der Waals surface area contributed by atoms with Gasteiger partial charge in [-0.3, -0.25) is 0 Å². The fraction of sp³-hybridized carbons (Fsp3) is 1.00. The summed E-state index contributed by atoms with van der Waals surface area (Å²) in [6, 6.07) is 0. The molecule has 0 atom stereocenters. The molecule has 0 N–H and O–H groups in total. The van der Waals surface area contributed by atoms with Gasteiger partial charge in [0.15, 0.2) is 0 Å². The van der Waals surface area contributed by atoms with E-state index in [4.69, 9.17) is 0 Å². The molecule has 0 bridgehead atoms. The van der Waals surface area contributed by atoms with Crippen molar-refractivity contribution in [3.8, 4) is 0 Å². The zero-order valence-corrected chi connectivity index (χ0v) is 39.8. The number of rotatable bonds is 9. The summed E-state index contributed by atoms with van der Waals surface area (Å²) in [6.45, 7) is 51.1. The molecule has 0 rings (SSSR count). The zero-order valence-electron chi connectivity index (χ0n) is 39.8. The standard InChI is InChI=1S/C9H21N.C8H19N.C8H18.C7H17N.C7H16.C6H14/c1-9(2,3)7-6-8-10(4)5;1-8(2,3)6-7-9(4)5;1-5-6-7-8(2,3)4;1-7(2,3)6-8(4)5;1-5-6-7(2,3)4;1-5-6(2,3)4/h6-8H2,1-5H3;6-7H2,1-5H3;5-7H2,1-4H3;6H2,1-5H3;5-6H2,1-4H3;5H2,1-4H3. The molecule has 0 aromatic carbocycles. The summed E-state index contributed by atoms with van der Waals surface area (Å²) in [7, 11) is 12.7. The van der Waals surface area contributed by atoms with Gasteiger partial charge in [0.05, 0.1) is 0 Å². The minimum absolute atomic E-state index is 0.448. The fourth-order valence-electron chi connectivity index (χ4n) is 3.89. The van der Waals surface area contributed by atoms with Gasteiger partial charge in [-0.05, 0) is 120 Å². The molecular formula is C45H105N3. The van der Waals surface area contributed by atoms with Crippen LogP contribution in [0.1, 0.15) is 203 Å². The predicted octanol–water partition coefficient (Wildman–Crippen LogP) is 14.5. The minimum atomic E-state index is 0.448. The van der Waals surface area contributed by atoms with Crippen molar-refractivity contribution in [1.29, 1.82) is 0 Å². The number of hydrogen-bond donors (Lipinski definition) is 0. The van der Waals surface area contributed by atoms with E-state index in [1.54, 1.807) is 0 Å². The summed E-state index contributed by atoms with van der Waals surface area (Å²) in [5.74, 6) is 0. The van der Waals surface area contributed by atoms with E-state index in [2.05, 4.69) is 202 Å². The molecule has 3 heteroatoms. The van der Waals surface area contributed by atoms with E-state index in [-0.39, 0.29) is 0 Å². The second kappa shape index (κ2) is 30.5. The number of hydrogen-bond acceptors (Lipinski definition) is 3. The van der Waals surface area contributed by atoms with Gasteiger partial charge in [-0.1, -0.05) is 171 Å². The van der Waals surface area contributed by atoms with Crippen molar-refractivity contribution in [2.45, 2.75) is 203 Å². The van der Waals surface area contributed by atoms with E-state index >= 15 is 0 Å². The summed E-state index contributed by atoms with van der Waals surface area (Å²) in [4.78, 5) is 6.68. The molecule has 0 radical (unpaired) electrons. The van der Waals surface area contributed by atoms with Crippen molar-refractivity contribution < 1.29 is 0 Å². The molecule has 0 aromatic rings. The molecule has 0 saturated carbocycles. The Hall–Kier alpha value is -0.120. The van der Waals surface area contributed by atoms with E-state index in [1.807, 2.05) is 0 Å². The first-order chi connectivity index (χ1) is 20.9. The minimum Gasteiger partial charge on any atom is -0.309 e. The molecule has 0 heterocycles. The summed E-state index contributed by atoms with van der Waals surface area (Å²) in [5.41, 5.74) is 3.09. The van der Waals surface area contributed by atoms with Gasteiger partial charge in [0, 0.05) is 6.54 Å². The van der Waals surface area contributed by atoms with Gasteiger partial charge >= 0.3 is 0 Å². The van der Waals surface area contributed by atoms with Crippen molar-refractivity contribution in [2.24, 2.45) is 32.5 Å². The molecule has 48 heavy (non-hydrogen) atoms. The molecule has 0 saturated heterocycles. The van der Waals surface area contributed by atoms with E-state index in [0.717, 1.165) is 6.54 Å². The van der Waals surface area contributed by atoms with E-state index in [0.29, 0.717) is 32.5 Å². The van der Waals surface area contributed by atoms with Crippen molar-refractivity contribution in [2.75, 3.05) is 61.9 Å². The third-order valence-corrected chi connectivity index (χ3v) is 6.97. The van der Waals surface area contributed by atoms with Gasteiger partial charge in [-0.25, -0.2) is 0 Å². The summed E-state index contributed by atoms with van der Waals surface area (Å²) in [5, 5.41) is 0. The molecule has 0 aliphatic carbocycles. The maximum absolute atomic E-state index is 2.29. The van der Waals surface area contributed by atoms with Crippen LogP contribution in [0.4, 0.5) is 0 Å². The summed E-state index contributed by atoms with van der Waals surface area (Å²) in [6.07, 6.45) is 11.9. The Kier molecular flexibility index (Phi) is 38.1. The van der Waals surface area contributed by atoms with E-state index in [9.17, 15) is 0 Å². The van der Waals surface area contributed by atoms with Gasteiger partial charge in [-0.15, -0.1) is 0 Å². The SMILES string of the molecule is CCC(C)(C)C.CCCC(C)(C)C.CCCCC(C)(C)C.CN(C)CC(C)(C)C.CN(C)CCC(C)(C)C.CN(C)CCCC(C)(C)C. The Labute approximate surface area is 311 Å². The van der Waals surface area contributed by atoms with Gasteiger partial charge in [-0.2, -0.15) is 0 Å². The molecule has 0 aliphatic rings. The highest BCUT2D eigenvalue weighted by Gasteiger charge is 2.11. The molecule has 0 amide bonds. The molecule has 300 valence electrons. The van der Waals surface area contributed by atoms with Crippen molar-refractivity contribution in [1.82, 2.24) is 14.7 Å². The lowest BCUT2D eigenvalue weighted by molar-refractivity contribution is 0.263. The first kappa shape index (κ1) is 60.0. The average Bonchev–Trinajstić information content (AvgIpc) is 2.79. The molecule has 0 aliphatic heterocycles. The molecule has 0 spiro atoms. The molecule has 0 fully saturated rings. The van der Waals surface area contributed by atoms with Crippen LogP contribution in [-0.4, -0.2) is 76.6 Å². The number of nitrogens with zero attached hydrogens (tertiary/aromatic N) is 3. The Morgan fingerprint density at radius 1 is 0.312 bits per heavy atom. The first-order valence-electron chi connectivity index (χ1n) is 19.9. The lowest BCUT2D eigenvalue weighted by atomic mass is 9.90. The van der Waals surface area contributed by atoms with E-state index < -0.39 is 0 Å². The van der Waals surface area contributed by atoms with Crippen molar-refractivity contribution in [3.05, 3.63) is 0 Å². The van der Waals surface area contributed by atoms with Crippen molar-refractivity contribution >= 4 is 0 Å². The third kappa shape index (κ3) is 104. The van der Waals surface area contributed by atoms with Crippen LogP contribution >= 0.6 is 0 Å². The maximum atomic E-state index is 2.29. The first-order valence-corrected chi connectivity index (χ1v) is 19.9. The lowest BCUT2D eigenvalue weighted by Gasteiger charge is -2.22. The lowest BCUT2D eigenvalue weighted by Crippen LogP contribution is -2.25. The zero-order chi connectivity index (χ0) is 40.2. The van der Waals surface area contributed by atoms with Crippen LogP contribution in [-0.2, 0) is 0 Å². The highest BCUT2D eigenvalue weighted by atomic mass is 15.1. The maximum Gasteiger partial charge on any atom is 0.00239 e. The smallest absolute Gasteiger partial charge is 0.00239 e. The molecule has 0 unspecified atom stereocenters. The summed E-state index contributed by atoms with van der Waals surface area (Å²) < 4.78 is 0. The highest BCUT2D eigenvalue weighted by molar-refractivity contribution is 4.64. The van der Waals surface area contributed by atoms with Crippen LogP contribution in [0, 0.1) is 32.5 Å². The molecule has 0 aromatic heterocycles. The normalized spacial score (nSPS) is 12.4. The van der Waals surface area contributed by atoms with Crippen LogP contribution < -0.4 is 0 Å². The predicted molar refractivity (Wildman–Crippen MR) is 231 cm³/mol. The van der Waals surface area contributed by atoms with Gasteiger partial charge in [0.25, 0.3) is 0 Å². The summed E-state index contributed by atoms with van der Waals surface area (Å²) >= 11 is 0. The monoisotopic (exact) mass is 688 g/mol. The molecule has 3 nitrogen and oxygen atoms in total. The largest absolute Gasteiger partial charge is 0.309 e. The quantitative estimate of drug-likeness (QED) is 0.239. The Morgan fingerprint density at radius 3 is 0.729 bits per heavy atom.